The molecule has 4 heteroatoms. The molecular weight excluding hydrogens is 314 g/mol. The van der Waals surface area contributed by atoms with Gasteiger partial charge >= 0.3 is 0 Å². The highest BCUT2D eigenvalue weighted by Gasteiger charge is 2.17. The Morgan fingerprint density at radius 1 is 0.958 bits per heavy atom. The third kappa shape index (κ3) is 4.48. The first kappa shape index (κ1) is 16.8. The Morgan fingerprint density at radius 2 is 1.67 bits per heavy atom. The predicted molar refractivity (Wildman–Crippen MR) is 103 cm³/mol. The summed E-state index contributed by atoms with van der Waals surface area (Å²) in [5.41, 5.74) is 5.86. The van der Waals surface area contributed by atoms with E-state index in [0.29, 0.717) is 5.92 Å². The molecule has 0 atom stereocenters. The van der Waals surface area contributed by atoms with Crippen molar-refractivity contribution in [1.29, 1.82) is 0 Å². The number of aromatic nitrogens is 1. The topological polar surface area (TPSA) is 37.3 Å². The molecule has 0 unspecified atom stereocenters. The summed E-state index contributed by atoms with van der Waals surface area (Å²) in [7, 11) is 0. The summed E-state index contributed by atoms with van der Waals surface area (Å²) in [6.45, 7) is 0. The zero-order valence-corrected chi connectivity index (χ0v) is 14.6. The molecule has 0 amide bonds. The number of rotatable bonds is 4. The van der Waals surface area contributed by atoms with Gasteiger partial charge in [0.05, 0.1) is 10.7 Å². The van der Waals surface area contributed by atoms with Crippen molar-refractivity contribution in [2.45, 2.75) is 38.5 Å². The Morgan fingerprint density at radius 3 is 2.33 bits per heavy atom. The molecule has 1 aromatic heterocycles. The van der Waals surface area contributed by atoms with Crippen molar-refractivity contribution in [3.05, 3.63) is 66.0 Å². The molecule has 3 rings (SSSR count). The van der Waals surface area contributed by atoms with Crippen molar-refractivity contribution < 1.29 is 0 Å². The van der Waals surface area contributed by atoms with Gasteiger partial charge in [0.25, 0.3) is 0 Å². The number of hydrogen-bond acceptors (Lipinski definition) is 3. The number of pyridine rings is 1. The first-order valence-corrected chi connectivity index (χ1v) is 9.10. The number of hydrazone groups is 1. The summed E-state index contributed by atoms with van der Waals surface area (Å²) >= 11 is 5.61. The van der Waals surface area contributed by atoms with E-state index in [1.165, 1.54) is 38.5 Å². The molecule has 124 valence electrons. The van der Waals surface area contributed by atoms with Crippen LogP contribution in [0.4, 0.5) is 0 Å². The van der Waals surface area contributed by atoms with Crippen LogP contribution in [0.5, 0.6) is 0 Å². The summed E-state index contributed by atoms with van der Waals surface area (Å²) < 4.78 is 0. The number of nitrogens with one attached hydrogen (secondary N) is 1. The van der Waals surface area contributed by atoms with Gasteiger partial charge in [-0.15, -0.1) is 0 Å². The Kier molecular flexibility index (Phi) is 6.07. The summed E-state index contributed by atoms with van der Waals surface area (Å²) in [5, 5.41) is 4.63. The van der Waals surface area contributed by atoms with Crippen LogP contribution in [0, 0.1) is 5.92 Å². The molecule has 0 saturated heterocycles. The van der Waals surface area contributed by atoms with Crippen molar-refractivity contribution in [3.63, 3.8) is 0 Å². The molecule has 1 fully saturated rings. The second-order valence-electron chi connectivity index (χ2n) is 6.21. The molecule has 3 nitrogen and oxygen atoms in total. The molecule has 1 aliphatic carbocycles. The van der Waals surface area contributed by atoms with Crippen LogP contribution < -0.4 is 5.43 Å². The lowest BCUT2D eigenvalue weighted by molar-refractivity contribution is 0.583. The largest absolute Gasteiger partial charge is 0.271 e. The maximum Gasteiger partial charge on any atom is 0.116 e. The van der Waals surface area contributed by atoms with Crippen molar-refractivity contribution in [1.82, 2.24) is 10.4 Å². The van der Waals surface area contributed by atoms with Crippen LogP contribution in [0.1, 0.15) is 49.8 Å². The van der Waals surface area contributed by atoms with Gasteiger partial charge < -0.3 is 0 Å². The fraction of sp³-hybridized carbons (Fsp3) is 0.350. The Balaban J connectivity index is 1.80. The molecule has 0 spiro atoms. The molecule has 1 saturated carbocycles. The molecule has 0 aliphatic heterocycles. The first-order chi connectivity index (χ1) is 11.8. The summed E-state index contributed by atoms with van der Waals surface area (Å²) in [5.74, 6) is 0.451. The lowest BCUT2D eigenvalue weighted by Crippen LogP contribution is -2.26. The van der Waals surface area contributed by atoms with E-state index in [-0.39, 0.29) is 0 Å². The highest BCUT2D eigenvalue weighted by atomic mass is 32.1. The summed E-state index contributed by atoms with van der Waals surface area (Å²) in [6.07, 6.45) is 9.32. The van der Waals surface area contributed by atoms with Gasteiger partial charge in [0, 0.05) is 17.7 Å². The molecule has 2 aromatic rings. The smallest absolute Gasteiger partial charge is 0.116 e. The van der Waals surface area contributed by atoms with Crippen LogP contribution in [0.3, 0.4) is 0 Å². The second-order valence-corrected chi connectivity index (χ2v) is 6.65. The standard InChI is InChI=1S/C20H23N3S/c24-20(17-12-4-1-2-5-13-17)23-22-19(16-10-6-3-7-11-16)18-14-8-9-15-21-18/h3,6-11,14-15,17H,1-2,4-5,12-13H2,(H,23,24). The minimum Gasteiger partial charge on any atom is -0.271 e. The van der Waals surface area contributed by atoms with Gasteiger partial charge in [-0.05, 0) is 25.0 Å². The van der Waals surface area contributed by atoms with E-state index in [1.54, 1.807) is 6.20 Å². The minimum absolute atomic E-state index is 0.451. The Hall–Kier alpha value is -2.07. The van der Waals surface area contributed by atoms with Crippen LogP contribution in [0.25, 0.3) is 0 Å². The molecular formula is C20H23N3S. The predicted octanol–water partition coefficient (Wildman–Crippen LogP) is 4.72. The van der Waals surface area contributed by atoms with Gasteiger partial charge in [-0.25, -0.2) is 0 Å². The molecule has 0 radical (unpaired) electrons. The average molecular weight is 337 g/mol. The number of hydrogen-bond donors (Lipinski definition) is 1. The van der Waals surface area contributed by atoms with Gasteiger partial charge in [0.15, 0.2) is 0 Å². The SMILES string of the molecule is S=C(NN=C(c1ccccc1)c1ccccn1)C1CCCCCC1. The van der Waals surface area contributed by atoms with E-state index in [1.807, 2.05) is 48.5 Å². The Labute approximate surface area is 149 Å². The maximum absolute atomic E-state index is 5.61. The van der Waals surface area contributed by atoms with Crippen LogP contribution in [-0.4, -0.2) is 15.7 Å². The quantitative estimate of drug-likeness (QED) is 0.379. The summed E-state index contributed by atoms with van der Waals surface area (Å²) in [6, 6.07) is 16.0. The van der Waals surface area contributed by atoms with E-state index in [2.05, 4.69) is 15.5 Å². The molecule has 1 N–H and O–H groups in total. The van der Waals surface area contributed by atoms with E-state index >= 15 is 0 Å². The summed E-state index contributed by atoms with van der Waals surface area (Å²) in [4.78, 5) is 5.31. The first-order valence-electron chi connectivity index (χ1n) is 8.69. The normalized spacial score (nSPS) is 16.4. The molecule has 1 heterocycles. The fourth-order valence-electron chi connectivity index (χ4n) is 3.11. The van der Waals surface area contributed by atoms with E-state index in [9.17, 15) is 0 Å². The highest BCUT2D eigenvalue weighted by Crippen LogP contribution is 2.23. The van der Waals surface area contributed by atoms with Gasteiger partial charge in [-0.2, -0.15) is 5.10 Å². The second kappa shape index (κ2) is 8.69. The van der Waals surface area contributed by atoms with Crippen LogP contribution >= 0.6 is 12.2 Å². The third-order valence-electron chi connectivity index (χ3n) is 4.46. The molecule has 24 heavy (non-hydrogen) atoms. The van der Waals surface area contributed by atoms with E-state index in [0.717, 1.165) is 22.0 Å². The van der Waals surface area contributed by atoms with Crippen molar-refractivity contribution >= 4 is 22.9 Å². The lowest BCUT2D eigenvalue weighted by atomic mass is 10.0. The van der Waals surface area contributed by atoms with Crippen molar-refractivity contribution in [2.75, 3.05) is 0 Å². The zero-order valence-electron chi connectivity index (χ0n) is 13.8. The average Bonchev–Trinajstić information content (AvgIpc) is 2.93. The van der Waals surface area contributed by atoms with Gasteiger partial charge in [-0.1, -0.05) is 74.3 Å². The minimum atomic E-state index is 0.451. The van der Waals surface area contributed by atoms with Crippen LogP contribution in [0.15, 0.2) is 59.8 Å². The third-order valence-corrected chi connectivity index (χ3v) is 4.88. The number of thiocarbonyl (C=S) groups is 1. The zero-order chi connectivity index (χ0) is 16.6. The van der Waals surface area contributed by atoms with Gasteiger partial charge in [-0.3, -0.25) is 10.4 Å². The molecule has 1 aliphatic rings. The highest BCUT2D eigenvalue weighted by molar-refractivity contribution is 7.80. The van der Waals surface area contributed by atoms with Crippen LogP contribution in [-0.2, 0) is 0 Å². The van der Waals surface area contributed by atoms with Gasteiger partial charge in [0.2, 0.25) is 0 Å². The Bertz CT molecular complexity index is 633. The van der Waals surface area contributed by atoms with Crippen LogP contribution in [0.2, 0.25) is 0 Å². The fourth-order valence-corrected chi connectivity index (χ4v) is 3.39. The number of benzene rings is 1. The monoisotopic (exact) mass is 337 g/mol. The van der Waals surface area contributed by atoms with Crippen molar-refractivity contribution in [3.8, 4) is 0 Å². The molecule has 1 aromatic carbocycles. The molecule has 0 bridgehead atoms. The lowest BCUT2D eigenvalue weighted by Gasteiger charge is -2.15. The van der Waals surface area contributed by atoms with E-state index in [4.69, 9.17) is 12.2 Å². The van der Waals surface area contributed by atoms with Gasteiger partial charge in [0.1, 0.15) is 5.71 Å². The van der Waals surface area contributed by atoms with E-state index < -0.39 is 0 Å². The number of nitrogens with zero attached hydrogens (tertiary/aromatic N) is 2. The maximum atomic E-state index is 5.61. The van der Waals surface area contributed by atoms with Crippen molar-refractivity contribution in [2.24, 2.45) is 11.0 Å².